The molecule has 0 spiro atoms. The number of ether oxygens (including phenoxy) is 1. The van der Waals surface area contributed by atoms with Crippen molar-refractivity contribution in [2.45, 2.75) is 13.0 Å². The average Bonchev–Trinajstić information content (AvgIpc) is 3.11. The predicted molar refractivity (Wildman–Crippen MR) is 93.4 cm³/mol. The summed E-state index contributed by atoms with van der Waals surface area (Å²) in [5.41, 5.74) is 1.94. The molecule has 124 valence electrons. The maximum absolute atomic E-state index is 12.2. The molecule has 6 heteroatoms. The molecule has 0 saturated heterocycles. The number of anilines is 1. The van der Waals surface area contributed by atoms with E-state index in [1.54, 1.807) is 48.1 Å². The molecule has 2 aromatic carbocycles. The third kappa shape index (κ3) is 4.03. The second-order valence-corrected chi connectivity index (χ2v) is 5.38. The number of nitrogens with zero attached hydrogens (tertiary/aromatic N) is 3. The van der Waals surface area contributed by atoms with Crippen molar-refractivity contribution in [1.82, 2.24) is 9.78 Å². The van der Waals surface area contributed by atoms with Crippen LogP contribution in [-0.2, 0) is 4.79 Å². The number of amides is 1. The van der Waals surface area contributed by atoms with E-state index in [-0.39, 0.29) is 5.91 Å². The van der Waals surface area contributed by atoms with E-state index in [0.29, 0.717) is 17.1 Å². The summed E-state index contributed by atoms with van der Waals surface area (Å²) in [6.07, 6.45) is 1.04. The summed E-state index contributed by atoms with van der Waals surface area (Å²) in [5.74, 6) is 0.0432. The van der Waals surface area contributed by atoms with Crippen LogP contribution < -0.4 is 10.1 Å². The van der Waals surface area contributed by atoms with Gasteiger partial charge in [-0.2, -0.15) is 5.26 Å². The molecule has 1 atom stereocenters. The predicted octanol–water partition coefficient (Wildman–Crippen LogP) is 3.15. The molecular weight excluding hydrogens is 316 g/mol. The van der Waals surface area contributed by atoms with Gasteiger partial charge in [0.1, 0.15) is 0 Å². The third-order valence-corrected chi connectivity index (χ3v) is 3.51. The average molecular weight is 332 g/mol. The lowest BCUT2D eigenvalue weighted by Gasteiger charge is -2.13. The fourth-order valence-electron chi connectivity index (χ4n) is 2.24. The SMILES string of the molecule is CC(Oc1ccn(-c2ccccc2)n1)C(=O)Nc1cccc(C#N)c1. The van der Waals surface area contributed by atoms with E-state index >= 15 is 0 Å². The summed E-state index contributed by atoms with van der Waals surface area (Å²) in [4.78, 5) is 12.2. The highest BCUT2D eigenvalue weighted by Crippen LogP contribution is 2.15. The number of aromatic nitrogens is 2. The van der Waals surface area contributed by atoms with Gasteiger partial charge in [-0.15, -0.1) is 5.10 Å². The lowest BCUT2D eigenvalue weighted by Crippen LogP contribution is -2.30. The van der Waals surface area contributed by atoms with E-state index in [2.05, 4.69) is 10.4 Å². The van der Waals surface area contributed by atoms with Crippen LogP contribution in [0.5, 0.6) is 5.88 Å². The van der Waals surface area contributed by atoms with E-state index in [9.17, 15) is 4.79 Å². The molecule has 1 amide bonds. The van der Waals surface area contributed by atoms with E-state index in [4.69, 9.17) is 10.00 Å². The van der Waals surface area contributed by atoms with E-state index < -0.39 is 6.10 Å². The lowest BCUT2D eigenvalue weighted by atomic mass is 10.2. The van der Waals surface area contributed by atoms with Crippen LogP contribution in [0.1, 0.15) is 12.5 Å². The molecular formula is C19H16N4O2. The molecule has 0 aliphatic heterocycles. The number of rotatable bonds is 5. The Balaban J connectivity index is 1.64. The molecule has 0 bridgehead atoms. The number of hydrogen-bond acceptors (Lipinski definition) is 4. The highest BCUT2D eigenvalue weighted by molar-refractivity contribution is 5.94. The van der Waals surface area contributed by atoms with Crippen molar-refractivity contribution in [1.29, 1.82) is 5.26 Å². The second kappa shape index (κ2) is 7.32. The van der Waals surface area contributed by atoms with Crippen molar-refractivity contribution in [2.75, 3.05) is 5.32 Å². The quantitative estimate of drug-likeness (QED) is 0.778. The Morgan fingerprint density at radius 3 is 2.76 bits per heavy atom. The van der Waals surface area contributed by atoms with Gasteiger partial charge in [0.05, 0.1) is 17.3 Å². The Labute approximate surface area is 145 Å². The van der Waals surface area contributed by atoms with Crippen LogP contribution >= 0.6 is 0 Å². The first kappa shape index (κ1) is 16.3. The summed E-state index contributed by atoms with van der Waals surface area (Å²) in [5, 5.41) is 15.9. The Morgan fingerprint density at radius 2 is 2.00 bits per heavy atom. The number of hydrogen-bond donors (Lipinski definition) is 1. The molecule has 3 rings (SSSR count). The molecule has 3 aromatic rings. The zero-order valence-corrected chi connectivity index (χ0v) is 13.6. The van der Waals surface area contributed by atoms with Crippen LogP contribution in [0.25, 0.3) is 5.69 Å². The fourth-order valence-corrected chi connectivity index (χ4v) is 2.24. The molecule has 1 unspecified atom stereocenters. The van der Waals surface area contributed by atoms with E-state index in [0.717, 1.165) is 5.69 Å². The van der Waals surface area contributed by atoms with E-state index in [1.165, 1.54) is 0 Å². The molecule has 0 aliphatic carbocycles. The summed E-state index contributed by atoms with van der Waals surface area (Å²) in [7, 11) is 0. The molecule has 25 heavy (non-hydrogen) atoms. The Hall–Kier alpha value is -3.59. The minimum atomic E-state index is -0.732. The Kier molecular flexibility index (Phi) is 4.77. The van der Waals surface area contributed by atoms with Crippen LogP contribution in [0.3, 0.4) is 0 Å². The highest BCUT2D eigenvalue weighted by atomic mass is 16.5. The fraction of sp³-hybridized carbons (Fsp3) is 0.105. The first-order chi connectivity index (χ1) is 12.2. The van der Waals surface area contributed by atoms with Crippen LogP contribution in [0.4, 0.5) is 5.69 Å². The minimum absolute atomic E-state index is 0.315. The third-order valence-electron chi connectivity index (χ3n) is 3.51. The van der Waals surface area contributed by atoms with Crippen molar-refractivity contribution in [3.8, 4) is 17.6 Å². The van der Waals surface area contributed by atoms with Gasteiger partial charge in [0.15, 0.2) is 6.10 Å². The highest BCUT2D eigenvalue weighted by Gasteiger charge is 2.16. The van der Waals surface area contributed by atoms with Gasteiger partial charge in [0.25, 0.3) is 5.91 Å². The van der Waals surface area contributed by atoms with Gasteiger partial charge in [0, 0.05) is 18.0 Å². The summed E-state index contributed by atoms with van der Waals surface area (Å²) in [6.45, 7) is 1.64. The smallest absolute Gasteiger partial charge is 0.265 e. The first-order valence-corrected chi connectivity index (χ1v) is 7.74. The van der Waals surface area contributed by atoms with Crippen molar-refractivity contribution >= 4 is 11.6 Å². The van der Waals surface area contributed by atoms with Gasteiger partial charge in [-0.05, 0) is 37.3 Å². The van der Waals surface area contributed by atoms with Gasteiger partial charge in [-0.25, -0.2) is 4.68 Å². The lowest BCUT2D eigenvalue weighted by molar-refractivity contribution is -0.122. The second-order valence-electron chi connectivity index (χ2n) is 5.38. The van der Waals surface area contributed by atoms with Crippen LogP contribution in [0, 0.1) is 11.3 Å². The minimum Gasteiger partial charge on any atom is -0.463 e. The number of benzene rings is 2. The number of nitriles is 1. The largest absolute Gasteiger partial charge is 0.463 e. The topological polar surface area (TPSA) is 79.9 Å². The van der Waals surface area contributed by atoms with Crippen molar-refractivity contribution in [3.63, 3.8) is 0 Å². The maximum Gasteiger partial charge on any atom is 0.265 e. The summed E-state index contributed by atoms with van der Waals surface area (Å²) in [6, 6.07) is 20.1. The van der Waals surface area contributed by atoms with Crippen molar-refractivity contribution < 1.29 is 9.53 Å². The zero-order chi connectivity index (χ0) is 17.6. The molecule has 6 nitrogen and oxygen atoms in total. The number of carbonyl (C=O) groups excluding carboxylic acids is 1. The molecule has 0 radical (unpaired) electrons. The standard InChI is InChI=1S/C19H16N4O2/c1-14(19(24)21-16-7-5-6-15(12-16)13-20)25-18-10-11-23(22-18)17-8-3-2-4-9-17/h2-12,14H,1H3,(H,21,24). The normalized spacial score (nSPS) is 11.4. The zero-order valence-electron chi connectivity index (χ0n) is 13.6. The maximum atomic E-state index is 12.2. The van der Waals surface area contributed by atoms with Crippen molar-refractivity contribution in [3.05, 3.63) is 72.4 Å². The van der Waals surface area contributed by atoms with Gasteiger partial charge in [-0.1, -0.05) is 24.3 Å². The number of carbonyl (C=O) groups is 1. The first-order valence-electron chi connectivity index (χ1n) is 7.74. The molecule has 0 saturated carbocycles. The molecule has 1 aromatic heterocycles. The van der Waals surface area contributed by atoms with Crippen LogP contribution in [0.15, 0.2) is 66.9 Å². The summed E-state index contributed by atoms with van der Waals surface area (Å²) >= 11 is 0. The Morgan fingerprint density at radius 1 is 1.20 bits per heavy atom. The van der Waals surface area contributed by atoms with Gasteiger partial charge in [0.2, 0.25) is 5.88 Å². The molecule has 1 N–H and O–H groups in total. The number of nitrogens with one attached hydrogen (secondary N) is 1. The van der Waals surface area contributed by atoms with Gasteiger partial charge < -0.3 is 10.1 Å². The summed E-state index contributed by atoms with van der Waals surface area (Å²) < 4.78 is 7.27. The van der Waals surface area contributed by atoms with Gasteiger partial charge in [-0.3, -0.25) is 4.79 Å². The van der Waals surface area contributed by atoms with Crippen molar-refractivity contribution in [2.24, 2.45) is 0 Å². The number of para-hydroxylation sites is 1. The molecule has 1 heterocycles. The van der Waals surface area contributed by atoms with Crippen LogP contribution in [-0.4, -0.2) is 21.8 Å². The monoisotopic (exact) mass is 332 g/mol. The molecule has 0 fully saturated rings. The van der Waals surface area contributed by atoms with Gasteiger partial charge >= 0.3 is 0 Å². The molecule has 0 aliphatic rings. The van der Waals surface area contributed by atoms with E-state index in [1.807, 2.05) is 36.4 Å². The Bertz CT molecular complexity index is 912. The van der Waals surface area contributed by atoms with Crippen LogP contribution in [0.2, 0.25) is 0 Å².